The van der Waals surface area contributed by atoms with Gasteiger partial charge in [0.05, 0.1) is 18.4 Å². The van der Waals surface area contributed by atoms with E-state index in [2.05, 4.69) is 25.8 Å². The van der Waals surface area contributed by atoms with Crippen LogP contribution < -0.4 is 15.4 Å². The normalized spacial score (nSPS) is 11.5. The molecule has 156 valence electrons. The Kier molecular flexibility index (Phi) is 6.41. The zero-order valence-corrected chi connectivity index (χ0v) is 16.7. The molecule has 0 saturated carbocycles. The van der Waals surface area contributed by atoms with E-state index >= 15 is 0 Å². The Hall–Kier alpha value is -3.75. The number of benzene rings is 2. The second-order valence-corrected chi connectivity index (χ2v) is 6.71. The fourth-order valence-corrected chi connectivity index (χ4v) is 2.61. The molecule has 0 radical (unpaired) electrons. The Bertz CT molecular complexity index is 1060. The highest BCUT2D eigenvalue weighted by Crippen LogP contribution is 2.20. The average Bonchev–Trinajstić information content (AvgIpc) is 3.16. The molecule has 30 heavy (non-hydrogen) atoms. The molecule has 9 heteroatoms. The number of ether oxygens (including phenoxy) is 1. The van der Waals surface area contributed by atoms with E-state index in [-0.39, 0.29) is 23.4 Å². The zero-order chi connectivity index (χ0) is 21.7. The second-order valence-electron chi connectivity index (χ2n) is 6.71. The summed E-state index contributed by atoms with van der Waals surface area (Å²) >= 11 is 0. The van der Waals surface area contributed by atoms with Gasteiger partial charge in [-0.2, -0.15) is 10.1 Å². The van der Waals surface area contributed by atoms with E-state index in [1.54, 1.807) is 18.2 Å². The smallest absolute Gasteiger partial charge is 0.283 e. The van der Waals surface area contributed by atoms with Crippen molar-refractivity contribution in [3.63, 3.8) is 0 Å². The van der Waals surface area contributed by atoms with Gasteiger partial charge in [0, 0.05) is 23.7 Å². The van der Waals surface area contributed by atoms with Crippen molar-refractivity contribution in [3.8, 4) is 17.0 Å². The molecule has 0 spiro atoms. The quantitative estimate of drug-likeness (QED) is 0.435. The van der Waals surface area contributed by atoms with Gasteiger partial charge >= 0.3 is 0 Å². The van der Waals surface area contributed by atoms with Crippen LogP contribution in [0.1, 0.15) is 24.2 Å². The molecule has 1 aromatic heterocycles. The molecule has 1 amide bonds. The monoisotopic (exact) mass is 413 g/mol. The topological polar surface area (TPSA) is 91.4 Å². The van der Waals surface area contributed by atoms with E-state index in [4.69, 9.17) is 4.74 Å². The Labute approximate surface area is 172 Å². The molecule has 0 unspecified atom stereocenters. The number of rotatable bonds is 5. The number of H-pyrrole nitrogens is 1. The van der Waals surface area contributed by atoms with Crippen LogP contribution in [0.3, 0.4) is 0 Å². The third-order valence-corrected chi connectivity index (χ3v) is 4.02. The van der Waals surface area contributed by atoms with E-state index < -0.39 is 11.7 Å². The average molecular weight is 413 g/mol. The maximum Gasteiger partial charge on any atom is 0.283 e. The molecule has 0 aliphatic heterocycles. The van der Waals surface area contributed by atoms with Crippen molar-refractivity contribution in [1.29, 1.82) is 0 Å². The highest BCUT2D eigenvalue weighted by molar-refractivity contribution is 6.06. The van der Waals surface area contributed by atoms with Gasteiger partial charge in [-0.25, -0.2) is 8.78 Å². The molecule has 0 aliphatic carbocycles. The number of nitrogens with one attached hydrogen (secondary N) is 3. The SMILES string of the molecule is COc1ccc(C(=O)/N=C(\Nc2cc(-c3ccc(F)cc3)n[nH]2)NC(C)C)c(F)c1. The van der Waals surface area contributed by atoms with Crippen molar-refractivity contribution in [2.24, 2.45) is 4.99 Å². The third-order valence-electron chi connectivity index (χ3n) is 4.02. The maximum absolute atomic E-state index is 14.2. The third kappa shape index (κ3) is 5.19. The molecule has 0 saturated heterocycles. The van der Waals surface area contributed by atoms with Crippen molar-refractivity contribution in [1.82, 2.24) is 15.5 Å². The lowest BCUT2D eigenvalue weighted by molar-refractivity contribution is 0.0998. The van der Waals surface area contributed by atoms with Gasteiger partial charge in [-0.05, 0) is 50.2 Å². The number of anilines is 1. The van der Waals surface area contributed by atoms with Gasteiger partial charge in [-0.15, -0.1) is 0 Å². The number of hydrogen-bond acceptors (Lipinski definition) is 3. The predicted octanol–water partition coefficient (Wildman–Crippen LogP) is 3.97. The van der Waals surface area contributed by atoms with E-state index in [9.17, 15) is 13.6 Å². The van der Waals surface area contributed by atoms with Crippen LogP contribution in [-0.4, -0.2) is 35.2 Å². The van der Waals surface area contributed by atoms with Gasteiger partial charge in [0.25, 0.3) is 5.91 Å². The Morgan fingerprint density at radius 1 is 1.13 bits per heavy atom. The Balaban J connectivity index is 1.82. The second kappa shape index (κ2) is 9.17. The van der Waals surface area contributed by atoms with Crippen molar-refractivity contribution in [3.05, 3.63) is 65.7 Å². The van der Waals surface area contributed by atoms with Crippen LogP contribution in [0.15, 0.2) is 53.5 Å². The molecule has 0 fully saturated rings. The number of aliphatic imine (C=N–C) groups is 1. The first-order chi connectivity index (χ1) is 14.4. The van der Waals surface area contributed by atoms with Gasteiger partial charge in [0.1, 0.15) is 23.2 Å². The van der Waals surface area contributed by atoms with Crippen LogP contribution in [-0.2, 0) is 0 Å². The van der Waals surface area contributed by atoms with Crippen molar-refractivity contribution >= 4 is 17.7 Å². The molecular formula is C21H21F2N5O2. The fourth-order valence-electron chi connectivity index (χ4n) is 2.61. The van der Waals surface area contributed by atoms with E-state index in [0.29, 0.717) is 22.8 Å². The van der Waals surface area contributed by atoms with Crippen LogP contribution >= 0.6 is 0 Å². The van der Waals surface area contributed by atoms with E-state index in [1.807, 2.05) is 13.8 Å². The summed E-state index contributed by atoms with van der Waals surface area (Å²) in [5.41, 5.74) is 1.11. The Morgan fingerprint density at radius 2 is 1.87 bits per heavy atom. The summed E-state index contributed by atoms with van der Waals surface area (Å²) in [6.45, 7) is 3.74. The number of halogens is 2. The van der Waals surface area contributed by atoms with Crippen molar-refractivity contribution in [2.45, 2.75) is 19.9 Å². The number of aromatic nitrogens is 2. The summed E-state index contributed by atoms with van der Waals surface area (Å²) < 4.78 is 32.2. The minimum Gasteiger partial charge on any atom is -0.497 e. The standard InChI is InChI=1S/C21H21F2N5O2/c1-12(2)24-21(26-20(29)16-9-8-15(30-3)10-17(16)23)25-19-11-18(27-28-19)13-4-6-14(22)7-5-13/h4-12H,1-3H3,(H3,24,25,26,27,28,29). The van der Waals surface area contributed by atoms with E-state index in [0.717, 1.165) is 6.07 Å². The summed E-state index contributed by atoms with van der Waals surface area (Å²) in [4.78, 5) is 16.5. The largest absolute Gasteiger partial charge is 0.497 e. The molecule has 3 rings (SSSR count). The molecule has 0 aliphatic rings. The van der Waals surface area contributed by atoms with Crippen LogP contribution in [0.5, 0.6) is 5.75 Å². The zero-order valence-electron chi connectivity index (χ0n) is 16.7. The number of guanidine groups is 1. The number of amides is 1. The summed E-state index contributed by atoms with van der Waals surface area (Å²) in [6, 6.07) is 11.4. The van der Waals surface area contributed by atoms with Crippen LogP contribution in [0.25, 0.3) is 11.3 Å². The molecule has 0 atom stereocenters. The van der Waals surface area contributed by atoms with Gasteiger partial charge in [-0.1, -0.05) is 0 Å². The van der Waals surface area contributed by atoms with Gasteiger partial charge in [0.15, 0.2) is 0 Å². The predicted molar refractivity (Wildman–Crippen MR) is 111 cm³/mol. The molecule has 0 bridgehead atoms. The minimum atomic E-state index is -0.760. The lowest BCUT2D eigenvalue weighted by atomic mass is 10.1. The number of carbonyl (C=O) groups is 1. The fraction of sp³-hybridized carbons (Fsp3) is 0.190. The van der Waals surface area contributed by atoms with E-state index in [1.165, 1.54) is 31.4 Å². The van der Waals surface area contributed by atoms with Crippen LogP contribution in [0.2, 0.25) is 0 Å². The van der Waals surface area contributed by atoms with Crippen molar-refractivity contribution in [2.75, 3.05) is 12.4 Å². The first-order valence-electron chi connectivity index (χ1n) is 9.17. The summed E-state index contributed by atoms with van der Waals surface area (Å²) in [7, 11) is 1.41. The van der Waals surface area contributed by atoms with Crippen LogP contribution in [0.4, 0.5) is 14.6 Å². The van der Waals surface area contributed by atoms with Crippen LogP contribution in [0, 0.1) is 11.6 Å². The number of carbonyl (C=O) groups excluding carboxylic acids is 1. The first kappa shape index (κ1) is 21.0. The summed E-state index contributed by atoms with van der Waals surface area (Å²) in [6.07, 6.45) is 0. The number of nitrogens with zero attached hydrogens (tertiary/aromatic N) is 2. The summed E-state index contributed by atoms with van der Waals surface area (Å²) in [5.74, 6) is -0.954. The molecule has 1 heterocycles. The highest BCUT2D eigenvalue weighted by atomic mass is 19.1. The summed E-state index contributed by atoms with van der Waals surface area (Å²) in [5, 5.41) is 12.9. The highest BCUT2D eigenvalue weighted by Gasteiger charge is 2.15. The van der Waals surface area contributed by atoms with Gasteiger partial charge < -0.3 is 15.4 Å². The van der Waals surface area contributed by atoms with Crippen molar-refractivity contribution < 1.29 is 18.3 Å². The molecular weight excluding hydrogens is 392 g/mol. The molecule has 3 N–H and O–H groups in total. The maximum atomic E-state index is 14.2. The first-order valence-corrected chi connectivity index (χ1v) is 9.17. The van der Waals surface area contributed by atoms with Gasteiger partial charge in [0.2, 0.25) is 5.96 Å². The Morgan fingerprint density at radius 3 is 2.50 bits per heavy atom. The lowest BCUT2D eigenvalue weighted by Gasteiger charge is -2.13. The number of methoxy groups -OCH3 is 1. The van der Waals surface area contributed by atoms with Gasteiger partial charge in [-0.3, -0.25) is 9.89 Å². The number of hydrogen-bond donors (Lipinski definition) is 3. The molecule has 3 aromatic rings. The number of aromatic amines is 1. The lowest BCUT2D eigenvalue weighted by Crippen LogP contribution is -2.36. The molecule has 7 nitrogen and oxygen atoms in total. The minimum absolute atomic E-state index is 0.0516. The molecule has 2 aromatic carbocycles.